The third kappa shape index (κ3) is 5.19. The molecule has 0 unspecified atom stereocenters. The first-order valence-corrected chi connectivity index (χ1v) is 4.84. The van der Waals surface area contributed by atoms with Crippen LogP contribution < -0.4 is 5.73 Å². The second kappa shape index (κ2) is 5.32. The molecule has 0 aliphatic heterocycles. The van der Waals surface area contributed by atoms with E-state index in [1.807, 2.05) is 27.7 Å². The Hall–Kier alpha value is -0.610. The quantitative estimate of drug-likeness (QED) is 0.681. The molecule has 0 radical (unpaired) electrons. The number of rotatable bonds is 6. The van der Waals surface area contributed by atoms with Gasteiger partial charge in [-0.2, -0.15) is 0 Å². The maximum absolute atomic E-state index is 10.5. The number of hydrogen-bond acceptors (Lipinski definition) is 3. The summed E-state index contributed by atoms with van der Waals surface area (Å²) in [4.78, 5) is 10.5. The molecule has 0 saturated heterocycles. The summed E-state index contributed by atoms with van der Waals surface area (Å²) in [6.45, 7) is 8.21. The fourth-order valence-electron chi connectivity index (χ4n) is 0.953. The molecular weight excluding hydrogens is 182 g/mol. The molecule has 84 valence electrons. The van der Waals surface area contributed by atoms with Crippen molar-refractivity contribution < 1.29 is 14.6 Å². The summed E-state index contributed by atoms with van der Waals surface area (Å²) >= 11 is 0. The van der Waals surface area contributed by atoms with Gasteiger partial charge in [-0.3, -0.25) is 4.79 Å². The highest BCUT2D eigenvalue weighted by Crippen LogP contribution is 2.22. The Bertz CT molecular complexity index is 190. The monoisotopic (exact) mass is 203 g/mol. The predicted molar refractivity (Wildman–Crippen MR) is 55.1 cm³/mol. The minimum atomic E-state index is -0.866. The highest BCUT2D eigenvalue weighted by molar-refractivity contribution is 5.67. The van der Waals surface area contributed by atoms with Crippen molar-refractivity contribution in [2.24, 2.45) is 11.1 Å². The van der Waals surface area contributed by atoms with E-state index in [4.69, 9.17) is 15.6 Å². The van der Waals surface area contributed by atoms with E-state index >= 15 is 0 Å². The molecule has 4 heteroatoms. The van der Waals surface area contributed by atoms with Crippen LogP contribution in [0.1, 0.15) is 34.1 Å². The van der Waals surface area contributed by atoms with Gasteiger partial charge in [-0.15, -0.1) is 0 Å². The summed E-state index contributed by atoms with van der Waals surface area (Å²) in [5.74, 6) is -0.866. The van der Waals surface area contributed by atoms with Gasteiger partial charge in [-0.05, 0) is 13.8 Å². The molecule has 0 aromatic heterocycles. The highest BCUT2D eigenvalue weighted by atomic mass is 16.5. The summed E-state index contributed by atoms with van der Waals surface area (Å²) in [6, 6.07) is -0.376. The molecule has 0 fully saturated rings. The van der Waals surface area contributed by atoms with E-state index in [9.17, 15) is 4.79 Å². The first kappa shape index (κ1) is 13.4. The Morgan fingerprint density at radius 3 is 2.36 bits per heavy atom. The van der Waals surface area contributed by atoms with Crippen LogP contribution in [0.2, 0.25) is 0 Å². The van der Waals surface area contributed by atoms with Crippen molar-refractivity contribution in [1.82, 2.24) is 0 Å². The summed E-state index contributed by atoms with van der Waals surface area (Å²) < 4.78 is 5.44. The van der Waals surface area contributed by atoms with E-state index in [0.29, 0.717) is 6.61 Å². The molecular formula is C10H21NO3. The SMILES string of the molecule is CC(C)OCC(C)(C)[C@@H](N)CC(=O)O. The number of carboxylic acids is 1. The molecule has 0 heterocycles. The van der Waals surface area contributed by atoms with Crippen LogP contribution in [-0.2, 0) is 9.53 Å². The van der Waals surface area contributed by atoms with Crippen molar-refractivity contribution in [2.75, 3.05) is 6.61 Å². The van der Waals surface area contributed by atoms with Crippen molar-refractivity contribution in [3.63, 3.8) is 0 Å². The molecule has 1 atom stereocenters. The molecule has 0 bridgehead atoms. The van der Waals surface area contributed by atoms with Crippen molar-refractivity contribution in [2.45, 2.75) is 46.3 Å². The number of carbonyl (C=O) groups is 1. The fourth-order valence-corrected chi connectivity index (χ4v) is 0.953. The van der Waals surface area contributed by atoms with E-state index in [2.05, 4.69) is 0 Å². The predicted octanol–water partition coefficient (Wildman–Crippen LogP) is 1.24. The van der Waals surface area contributed by atoms with Crippen molar-refractivity contribution in [3.05, 3.63) is 0 Å². The second-order valence-electron chi connectivity index (χ2n) is 4.55. The molecule has 0 aromatic carbocycles. The zero-order chi connectivity index (χ0) is 11.4. The van der Waals surface area contributed by atoms with Gasteiger partial charge in [-0.25, -0.2) is 0 Å². The zero-order valence-corrected chi connectivity index (χ0v) is 9.41. The molecule has 0 rings (SSSR count). The number of aliphatic carboxylic acids is 1. The van der Waals surface area contributed by atoms with E-state index < -0.39 is 5.97 Å². The van der Waals surface area contributed by atoms with Gasteiger partial charge in [0.1, 0.15) is 0 Å². The lowest BCUT2D eigenvalue weighted by atomic mass is 9.84. The molecule has 0 aliphatic rings. The van der Waals surface area contributed by atoms with Crippen LogP contribution in [0.5, 0.6) is 0 Å². The molecule has 4 nitrogen and oxygen atoms in total. The number of nitrogens with two attached hydrogens (primary N) is 1. The number of ether oxygens (including phenoxy) is 1. The molecule has 0 saturated carbocycles. The van der Waals surface area contributed by atoms with Crippen molar-refractivity contribution >= 4 is 5.97 Å². The second-order valence-corrected chi connectivity index (χ2v) is 4.55. The van der Waals surface area contributed by atoms with Gasteiger partial charge < -0.3 is 15.6 Å². The average Bonchev–Trinajstić information content (AvgIpc) is 1.99. The van der Waals surface area contributed by atoms with E-state index in [-0.39, 0.29) is 24.0 Å². The van der Waals surface area contributed by atoms with Crippen LogP contribution in [0.3, 0.4) is 0 Å². The standard InChI is InChI=1S/C10H21NO3/c1-7(2)14-6-10(3,4)8(11)5-9(12)13/h7-8H,5-6,11H2,1-4H3,(H,12,13)/t8-/m0/s1. The minimum Gasteiger partial charge on any atom is -0.481 e. The fraction of sp³-hybridized carbons (Fsp3) is 0.900. The lowest BCUT2D eigenvalue weighted by molar-refractivity contribution is -0.138. The average molecular weight is 203 g/mol. The molecule has 0 aliphatic carbocycles. The van der Waals surface area contributed by atoms with Gasteiger partial charge in [-0.1, -0.05) is 13.8 Å². The lowest BCUT2D eigenvalue weighted by Gasteiger charge is -2.31. The molecule has 14 heavy (non-hydrogen) atoms. The van der Waals surface area contributed by atoms with Crippen LogP contribution in [0, 0.1) is 5.41 Å². The maximum atomic E-state index is 10.5. The van der Waals surface area contributed by atoms with Crippen LogP contribution in [0.4, 0.5) is 0 Å². The van der Waals surface area contributed by atoms with E-state index in [1.54, 1.807) is 0 Å². The number of hydrogen-bond donors (Lipinski definition) is 2. The van der Waals surface area contributed by atoms with Gasteiger partial charge in [0.05, 0.1) is 19.1 Å². The van der Waals surface area contributed by atoms with Gasteiger partial charge >= 0.3 is 5.97 Å². The minimum absolute atomic E-state index is 0.0194. The van der Waals surface area contributed by atoms with Gasteiger partial charge in [0, 0.05) is 11.5 Å². The first-order valence-electron chi connectivity index (χ1n) is 4.84. The van der Waals surface area contributed by atoms with Crippen molar-refractivity contribution in [3.8, 4) is 0 Å². The molecule has 0 amide bonds. The Balaban J connectivity index is 4.08. The zero-order valence-electron chi connectivity index (χ0n) is 9.41. The van der Waals surface area contributed by atoms with Gasteiger partial charge in [0.15, 0.2) is 0 Å². The van der Waals surface area contributed by atoms with Crippen molar-refractivity contribution in [1.29, 1.82) is 0 Å². The summed E-state index contributed by atoms with van der Waals surface area (Å²) in [5, 5.41) is 8.60. The van der Waals surface area contributed by atoms with Crippen LogP contribution in [0.25, 0.3) is 0 Å². The van der Waals surface area contributed by atoms with E-state index in [1.165, 1.54) is 0 Å². The molecule has 0 spiro atoms. The number of carboxylic acid groups (broad SMARTS) is 1. The Kier molecular flexibility index (Phi) is 5.08. The van der Waals surface area contributed by atoms with Crippen LogP contribution in [-0.4, -0.2) is 29.8 Å². The normalized spacial score (nSPS) is 14.4. The molecule has 3 N–H and O–H groups in total. The van der Waals surface area contributed by atoms with Crippen LogP contribution in [0.15, 0.2) is 0 Å². The van der Waals surface area contributed by atoms with Gasteiger partial charge in [0.2, 0.25) is 0 Å². The highest BCUT2D eigenvalue weighted by Gasteiger charge is 2.28. The van der Waals surface area contributed by atoms with E-state index in [0.717, 1.165) is 0 Å². The Labute approximate surface area is 85.4 Å². The summed E-state index contributed by atoms with van der Waals surface area (Å²) in [7, 11) is 0. The maximum Gasteiger partial charge on any atom is 0.304 e. The smallest absolute Gasteiger partial charge is 0.304 e. The third-order valence-corrected chi connectivity index (χ3v) is 2.19. The summed E-state index contributed by atoms with van der Waals surface area (Å²) in [6.07, 6.45) is 0.125. The lowest BCUT2D eigenvalue weighted by Crippen LogP contribution is -2.42. The Morgan fingerprint density at radius 1 is 1.50 bits per heavy atom. The topological polar surface area (TPSA) is 72.5 Å². The Morgan fingerprint density at radius 2 is 2.00 bits per heavy atom. The first-order chi connectivity index (χ1) is 6.25. The molecule has 0 aromatic rings. The largest absolute Gasteiger partial charge is 0.481 e. The van der Waals surface area contributed by atoms with Gasteiger partial charge in [0.25, 0.3) is 0 Å². The van der Waals surface area contributed by atoms with Crippen LogP contribution >= 0.6 is 0 Å². The third-order valence-electron chi connectivity index (χ3n) is 2.19. The summed E-state index contributed by atoms with van der Waals surface area (Å²) in [5.41, 5.74) is 5.47.